The van der Waals surface area contributed by atoms with Crippen molar-refractivity contribution in [3.05, 3.63) is 35.6 Å². The van der Waals surface area contributed by atoms with Gasteiger partial charge in [0.15, 0.2) is 0 Å². The van der Waals surface area contributed by atoms with Gasteiger partial charge in [-0.25, -0.2) is 17.5 Å². The second-order valence-corrected chi connectivity index (χ2v) is 9.14. The molecule has 0 bridgehead atoms. The molecule has 7 heteroatoms. The first-order chi connectivity index (χ1) is 11.7. The molecule has 142 valence electrons. The van der Waals surface area contributed by atoms with Crippen LogP contribution in [0.1, 0.15) is 26.3 Å². The third-order valence-electron chi connectivity index (χ3n) is 5.00. The SMILES string of the molecule is CCN1CCN(C(C)(C)CNS(=O)(=O)CCc2ccccc2F)CC1. The molecule has 0 aliphatic carbocycles. The Kier molecular flexibility index (Phi) is 6.96. The number of halogens is 1. The summed E-state index contributed by atoms with van der Waals surface area (Å²) >= 11 is 0. The van der Waals surface area contributed by atoms with Crippen molar-refractivity contribution in [2.45, 2.75) is 32.7 Å². The summed E-state index contributed by atoms with van der Waals surface area (Å²) in [5.41, 5.74) is 0.188. The minimum absolute atomic E-state index is 0.104. The summed E-state index contributed by atoms with van der Waals surface area (Å²) in [5, 5.41) is 0. The molecule has 1 aliphatic rings. The summed E-state index contributed by atoms with van der Waals surface area (Å²) in [6.45, 7) is 11.6. The number of piperazine rings is 1. The van der Waals surface area contributed by atoms with E-state index in [9.17, 15) is 12.8 Å². The van der Waals surface area contributed by atoms with E-state index in [4.69, 9.17) is 0 Å². The van der Waals surface area contributed by atoms with Crippen LogP contribution in [0.3, 0.4) is 0 Å². The van der Waals surface area contributed by atoms with Crippen LogP contribution < -0.4 is 4.72 Å². The van der Waals surface area contributed by atoms with Crippen molar-refractivity contribution in [2.75, 3.05) is 45.0 Å². The molecule has 1 fully saturated rings. The van der Waals surface area contributed by atoms with Crippen LogP contribution in [0.5, 0.6) is 0 Å². The quantitative estimate of drug-likeness (QED) is 0.756. The van der Waals surface area contributed by atoms with Crippen LogP contribution in [0.2, 0.25) is 0 Å². The smallest absolute Gasteiger partial charge is 0.211 e. The lowest BCUT2D eigenvalue weighted by Crippen LogP contribution is -2.58. The predicted octanol–water partition coefficient (Wildman–Crippen LogP) is 1.70. The van der Waals surface area contributed by atoms with Crippen LogP contribution >= 0.6 is 0 Å². The van der Waals surface area contributed by atoms with E-state index in [0.717, 1.165) is 32.7 Å². The molecular weight excluding hydrogens is 341 g/mol. The Morgan fingerprint density at radius 2 is 1.80 bits per heavy atom. The third kappa shape index (κ3) is 6.02. The molecular formula is C18H30FN3O2S. The number of sulfonamides is 1. The molecule has 1 aromatic carbocycles. The van der Waals surface area contributed by atoms with E-state index >= 15 is 0 Å². The molecule has 0 aromatic heterocycles. The van der Waals surface area contributed by atoms with E-state index in [1.807, 2.05) is 0 Å². The monoisotopic (exact) mass is 371 g/mol. The highest BCUT2D eigenvalue weighted by atomic mass is 32.2. The zero-order valence-corrected chi connectivity index (χ0v) is 16.3. The molecule has 0 radical (unpaired) electrons. The maximum absolute atomic E-state index is 13.6. The zero-order valence-electron chi connectivity index (χ0n) is 15.5. The van der Waals surface area contributed by atoms with Crippen molar-refractivity contribution in [3.8, 4) is 0 Å². The second-order valence-electron chi connectivity index (χ2n) is 7.22. The first-order valence-electron chi connectivity index (χ1n) is 8.91. The third-order valence-corrected chi connectivity index (χ3v) is 6.32. The van der Waals surface area contributed by atoms with Crippen LogP contribution in [0.25, 0.3) is 0 Å². The van der Waals surface area contributed by atoms with Gasteiger partial charge in [0.25, 0.3) is 0 Å². The van der Waals surface area contributed by atoms with E-state index < -0.39 is 10.0 Å². The fourth-order valence-electron chi connectivity index (χ4n) is 3.09. The van der Waals surface area contributed by atoms with Gasteiger partial charge in [-0.1, -0.05) is 25.1 Å². The summed E-state index contributed by atoms with van der Waals surface area (Å²) in [5.74, 6) is -0.458. The lowest BCUT2D eigenvalue weighted by atomic mass is 10.0. The second kappa shape index (κ2) is 8.58. The van der Waals surface area contributed by atoms with Crippen LogP contribution in [-0.2, 0) is 16.4 Å². The maximum Gasteiger partial charge on any atom is 0.211 e. The van der Waals surface area contributed by atoms with E-state index in [1.165, 1.54) is 6.07 Å². The van der Waals surface area contributed by atoms with Gasteiger partial charge in [-0.15, -0.1) is 0 Å². The highest BCUT2D eigenvalue weighted by molar-refractivity contribution is 7.89. The number of hydrogen-bond acceptors (Lipinski definition) is 4. The highest BCUT2D eigenvalue weighted by Gasteiger charge is 2.30. The normalized spacial score (nSPS) is 17.8. The Morgan fingerprint density at radius 3 is 2.40 bits per heavy atom. The molecule has 1 saturated heterocycles. The number of likely N-dealkylation sites (N-methyl/N-ethyl adjacent to an activating group) is 1. The van der Waals surface area contributed by atoms with Gasteiger partial charge in [0, 0.05) is 38.3 Å². The highest BCUT2D eigenvalue weighted by Crippen LogP contribution is 2.17. The molecule has 5 nitrogen and oxygen atoms in total. The van der Waals surface area contributed by atoms with E-state index in [2.05, 4.69) is 35.3 Å². The van der Waals surface area contributed by atoms with E-state index in [1.54, 1.807) is 18.2 Å². The zero-order chi connectivity index (χ0) is 18.5. The molecule has 0 spiro atoms. The average Bonchev–Trinajstić information content (AvgIpc) is 2.60. The molecule has 1 heterocycles. The summed E-state index contributed by atoms with van der Waals surface area (Å²) in [4.78, 5) is 4.73. The Bertz CT molecular complexity index is 656. The van der Waals surface area contributed by atoms with Crippen molar-refractivity contribution in [1.29, 1.82) is 0 Å². The van der Waals surface area contributed by atoms with Gasteiger partial charge in [0.05, 0.1) is 5.75 Å². The van der Waals surface area contributed by atoms with Crippen molar-refractivity contribution < 1.29 is 12.8 Å². The van der Waals surface area contributed by atoms with Crippen molar-refractivity contribution in [3.63, 3.8) is 0 Å². The standard InChI is InChI=1S/C18H30FN3O2S/c1-4-21-10-12-22(13-11-21)18(2,3)15-20-25(23,24)14-9-16-7-5-6-8-17(16)19/h5-8,20H,4,9-15H2,1-3H3. The van der Waals surface area contributed by atoms with Crippen LogP contribution in [-0.4, -0.2) is 68.8 Å². The van der Waals surface area contributed by atoms with Gasteiger partial charge in [0.1, 0.15) is 5.82 Å². The Hall–Kier alpha value is -1.02. The molecule has 0 saturated carbocycles. The van der Waals surface area contributed by atoms with Crippen molar-refractivity contribution in [2.24, 2.45) is 0 Å². The van der Waals surface area contributed by atoms with Gasteiger partial charge < -0.3 is 4.90 Å². The van der Waals surface area contributed by atoms with Crippen molar-refractivity contribution >= 4 is 10.0 Å². The van der Waals surface area contributed by atoms with Crippen LogP contribution in [0.15, 0.2) is 24.3 Å². The lowest BCUT2D eigenvalue weighted by Gasteiger charge is -2.44. The Morgan fingerprint density at radius 1 is 1.16 bits per heavy atom. The number of benzene rings is 1. The molecule has 1 N–H and O–H groups in total. The molecule has 25 heavy (non-hydrogen) atoms. The minimum atomic E-state index is -3.44. The molecule has 0 amide bonds. The van der Waals surface area contributed by atoms with Crippen LogP contribution in [0.4, 0.5) is 4.39 Å². The van der Waals surface area contributed by atoms with Crippen LogP contribution in [0, 0.1) is 5.82 Å². The van der Waals surface area contributed by atoms with E-state index in [0.29, 0.717) is 12.1 Å². The first kappa shape index (κ1) is 20.3. The number of rotatable bonds is 8. The van der Waals surface area contributed by atoms with Crippen molar-refractivity contribution in [1.82, 2.24) is 14.5 Å². The summed E-state index contributed by atoms with van der Waals surface area (Å²) in [6, 6.07) is 6.31. The molecule has 0 unspecified atom stereocenters. The minimum Gasteiger partial charge on any atom is -0.301 e. The average molecular weight is 372 g/mol. The summed E-state index contributed by atoms with van der Waals surface area (Å²) in [7, 11) is -3.44. The topological polar surface area (TPSA) is 52.6 Å². The molecule has 1 aliphatic heterocycles. The molecule has 0 atom stereocenters. The molecule has 1 aromatic rings. The lowest BCUT2D eigenvalue weighted by molar-refractivity contribution is 0.0571. The number of aryl methyl sites for hydroxylation is 1. The van der Waals surface area contributed by atoms with Gasteiger partial charge in [0.2, 0.25) is 10.0 Å². The number of nitrogens with one attached hydrogen (secondary N) is 1. The largest absolute Gasteiger partial charge is 0.301 e. The predicted molar refractivity (Wildman–Crippen MR) is 99.7 cm³/mol. The maximum atomic E-state index is 13.6. The van der Waals surface area contributed by atoms with Gasteiger partial charge in [-0.3, -0.25) is 4.90 Å². The summed E-state index contributed by atoms with van der Waals surface area (Å²) in [6.07, 6.45) is 0.178. The fraction of sp³-hybridized carbons (Fsp3) is 0.667. The van der Waals surface area contributed by atoms with Gasteiger partial charge in [-0.2, -0.15) is 0 Å². The van der Waals surface area contributed by atoms with E-state index in [-0.39, 0.29) is 23.5 Å². The summed E-state index contributed by atoms with van der Waals surface area (Å²) < 4.78 is 40.9. The van der Waals surface area contributed by atoms with Gasteiger partial charge in [-0.05, 0) is 38.4 Å². The molecule has 2 rings (SSSR count). The first-order valence-corrected chi connectivity index (χ1v) is 10.6. The number of nitrogens with zero attached hydrogens (tertiary/aromatic N) is 2. The fourth-order valence-corrected chi connectivity index (χ4v) is 4.29. The number of hydrogen-bond donors (Lipinski definition) is 1. The Balaban J connectivity index is 1.85. The van der Waals surface area contributed by atoms with Gasteiger partial charge >= 0.3 is 0 Å². The Labute approximate surface area is 151 Å².